The van der Waals surface area contributed by atoms with E-state index < -0.39 is 0 Å². The third-order valence-corrected chi connectivity index (χ3v) is 4.91. The minimum absolute atomic E-state index is 0.101. The molecule has 1 saturated heterocycles. The number of amides is 2. The van der Waals surface area contributed by atoms with E-state index in [1.54, 1.807) is 7.11 Å². The molecule has 0 radical (unpaired) electrons. The van der Waals surface area contributed by atoms with Gasteiger partial charge in [0.15, 0.2) is 0 Å². The van der Waals surface area contributed by atoms with Crippen LogP contribution in [0.15, 0.2) is 36.4 Å². The molecule has 5 nitrogen and oxygen atoms in total. The highest BCUT2D eigenvalue weighted by Crippen LogP contribution is 2.27. The highest BCUT2D eigenvalue weighted by Gasteiger charge is 2.23. The van der Waals surface area contributed by atoms with Crippen molar-refractivity contribution in [3.63, 3.8) is 0 Å². The molecule has 1 aliphatic rings. The number of anilines is 2. The predicted octanol–water partition coefficient (Wildman–Crippen LogP) is 4.32. The smallest absolute Gasteiger partial charge is 0.322 e. The molecule has 138 valence electrons. The van der Waals surface area contributed by atoms with Crippen LogP contribution in [-0.4, -0.2) is 44.2 Å². The number of rotatable bonds is 3. The molecule has 0 spiro atoms. The summed E-state index contributed by atoms with van der Waals surface area (Å²) in [6, 6.07) is 11.6. The summed E-state index contributed by atoms with van der Waals surface area (Å²) >= 11 is 6.13. The van der Waals surface area contributed by atoms with Gasteiger partial charge in [-0.2, -0.15) is 0 Å². The van der Waals surface area contributed by atoms with Crippen LogP contribution in [0.4, 0.5) is 16.2 Å². The van der Waals surface area contributed by atoms with E-state index >= 15 is 0 Å². The van der Waals surface area contributed by atoms with E-state index in [0.717, 1.165) is 29.4 Å². The monoisotopic (exact) mass is 373 g/mol. The van der Waals surface area contributed by atoms with E-state index in [4.69, 9.17) is 16.3 Å². The van der Waals surface area contributed by atoms with Gasteiger partial charge in [-0.15, -0.1) is 0 Å². The molecule has 2 amide bonds. The Morgan fingerprint density at radius 1 is 1.08 bits per heavy atom. The number of nitrogens with zero attached hydrogens (tertiary/aromatic N) is 2. The summed E-state index contributed by atoms with van der Waals surface area (Å²) in [4.78, 5) is 16.7. The largest absolute Gasteiger partial charge is 0.495 e. The van der Waals surface area contributed by atoms with Gasteiger partial charge in [-0.1, -0.05) is 23.7 Å². The lowest BCUT2D eigenvalue weighted by atomic mass is 10.1. The summed E-state index contributed by atoms with van der Waals surface area (Å²) in [6.07, 6.45) is 0. The summed E-state index contributed by atoms with van der Waals surface area (Å²) in [5, 5.41) is 3.70. The van der Waals surface area contributed by atoms with Gasteiger partial charge in [-0.25, -0.2) is 4.79 Å². The minimum Gasteiger partial charge on any atom is -0.495 e. The highest BCUT2D eigenvalue weighted by atomic mass is 35.5. The third kappa shape index (κ3) is 4.05. The zero-order valence-corrected chi connectivity index (χ0v) is 16.1. The summed E-state index contributed by atoms with van der Waals surface area (Å²) in [7, 11) is 1.60. The number of hydrogen-bond donors (Lipinski definition) is 1. The van der Waals surface area contributed by atoms with Gasteiger partial charge in [-0.3, -0.25) is 0 Å². The maximum Gasteiger partial charge on any atom is 0.322 e. The Kier molecular flexibility index (Phi) is 5.57. The van der Waals surface area contributed by atoms with E-state index in [-0.39, 0.29) is 6.03 Å². The maximum atomic E-state index is 12.6. The molecular formula is C20H24ClN3O2. The summed E-state index contributed by atoms with van der Waals surface area (Å²) < 4.78 is 5.33. The number of hydrogen-bond acceptors (Lipinski definition) is 3. The van der Waals surface area contributed by atoms with Gasteiger partial charge in [0.1, 0.15) is 5.75 Å². The molecule has 1 heterocycles. The highest BCUT2D eigenvalue weighted by molar-refractivity contribution is 6.30. The van der Waals surface area contributed by atoms with E-state index in [1.807, 2.05) is 48.2 Å². The summed E-state index contributed by atoms with van der Waals surface area (Å²) in [6.45, 7) is 6.94. The van der Waals surface area contributed by atoms with E-state index in [9.17, 15) is 4.79 Å². The second-order valence-corrected chi connectivity index (χ2v) is 6.98. The van der Waals surface area contributed by atoms with Crippen molar-refractivity contribution in [2.24, 2.45) is 0 Å². The van der Waals surface area contributed by atoms with Crippen molar-refractivity contribution in [2.75, 3.05) is 43.5 Å². The van der Waals surface area contributed by atoms with Crippen LogP contribution >= 0.6 is 11.6 Å². The van der Waals surface area contributed by atoms with E-state index in [2.05, 4.69) is 17.1 Å². The van der Waals surface area contributed by atoms with Crippen molar-refractivity contribution in [2.45, 2.75) is 13.8 Å². The van der Waals surface area contributed by atoms with Crippen molar-refractivity contribution in [3.8, 4) is 5.75 Å². The van der Waals surface area contributed by atoms with Gasteiger partial charge in [0.05, 0.1) is 12.8 Å². The van der Waals surface area contributed by atoms with Gasteiger partial charge in [0, 0.05) is 36.9 Å². The SMILES string of the molecule is COc1ccc(C)cc1NC(=O)N1CCN(c2cc(Cl)ccc2C)CC1. The predicted molar refractivity (Wildman–Crippen MR) is 107 cm³/mol. The molecule has 0 bridgehead atoms. The Balaban J connectivity index is 1.64. The number of piperazine rings is 1. The van der Waals surface area contributed by atoms with Crippen molar-refractivity contribution in [3.05, 3.63) is 52.5 Å². The standard InChI is InChI=1S/C20H24ClN3O2/c1-14-4-7-19(26-3)17(12-14)22-20(25)24-10-8-23(9-11-24)18-13-16(21)6-5-15(18)2/h4-7,12-13H,8-11H2,1-3H3,(H,22,25). The third-order valence-electron chi connectivity index (χ3n) is 4.68. The molecular weight excluding hydrogens is 350 g/mol. The van der Waals surface area contributed by atoms with Crippen LogP contribution in [0.3, 0.4) is 0 Å². The van der Waals surface area contributed by atoms with Crippen LogP contribution in [0.5, 0.6) is 5.75 Å². The van der Waals surface area contributed by atoms with Gasteiger partial charge in [0.25, 0.3) is 0 Å². The number of aryl methyl sites for hydroxylation is 2. The topological polar surface area (TPSA) is 44.8 Å². The zero-order valence-electron chi connectivity index (χ0n) is 15.4. The first-order valence-corrected chi connectivity index (χ1v) is 9.07. The summed E-state index contributed by atoms with van der Waals surface area (Å²) in [5.74, 6) is 0.664. The first kappa shape index (κ1) is 18.4. The van der Waals surface area contributed by atoms with Crippen LogP contribution < -0.4 is 15.0 Å². The Bertz CT molecular complexity index is 802. The van der Waals surface area contributed by atoms with Crippen molar-refractivity contribution < 1.29 is 9.53 Å². The molecule has 0 unspecified atom stereocenters. The normalized spacial score (nSPS) is 14.3. The molecule has 1 fully saturated rings. The Labute approximate surface area is 159 Å². The fraction of sp³-hybridized carbons (Fsp3) is 0.350. The van der Waals surface area contributed by atoms with Gasteiger partial charge in [0.2, 0.25) is 0 Å². The first-order chi connectivity index (χ1) is 12.5. The number of ether oxygens (including phenoxy) is 1. The quantitative estimate of drug-likeness (QED) is 0.871. The Morgan fingerprint density at radius 2 is 1.81 bits per heavy atom. The fourth-order valence-corrected chi connectivity index (χ4v) is 3.35. The number of methoxy groups -OCH3 is 1. The van der Waals surface area contributed by atoms with Crippen molar-refractivity contribution in [1.82, 2.24) is 4.90 Å². The lowest BCUT2D eigenvalue weighted by molar-refractivity contribution is 0.208. The van der Waals surface area contributed by atoms with Crippen molar-refractivity contribution in [1.29, 1.82) is 0 Å². The molecule has 0 atom stereocenters. The molecule has 2 aromatic carbocycles. The molecule has 1 aliphatic heterocycles. The fourth-order valence-electron chi connectivity index (χ4n) is 3.19. The molecule has 26 heavy (non-hydrogen) atoms. The molecule has 1 N–H and O–H groups in total. The lowest BCUT2D eigenvalue weighted by Crippen LogP contribution is -2.50. The molecule has 0 aromatic heterocycles. The van der Waals surface area contributed by atoms with Crippen LogP contribution in [0.25, 0.3) is 0 Å². The number of carbonyl (C=O) groups excluding carboxylic acids is 1. The molecule has 0 saturated carbocycles. The van der Waals surface area contributed by atoms with Crippen LogP contribution in [0.1, 0.15) is 11.1 Å². The van der Waals surface area contributed by atoms with Gasteiger partial charge in [-0.05, 0) is 49.2 Å². The van der Waals surface area contributed by atoms with Crippen LogP contribution in [-0.2, 0) is 0 Å². The second-order valence-electron chi connectivity index (χ2n) is 6.54. The number of benzene rings is 2. The average Bonchev–Trinajstić information content (AvgIpc) is 2.64. The number of carbonyl (C=O) groups is 1. The average molecular weight is 374 g/mol. The van der Waals surface area contributed by atoms with Crippen LogP contribution in [0.2, 0.25) is 5.02 Å². The van der Waals surface area contributed by atoms with E-state index in [1.165, 1.54) is 5.56 Å². The van der Waals surface area contributed by atoms with Gasteiger partial charge >= 0.3 is 6.03 Å². The Morgan fingerprint density at radius 3 is 2.50 bits per heavy atom. The van der Waals surface area contributed by atoms with E-state index in [0.29, 0.717) is 24.5 Å². The number of urea groups is 1. The number of halogens is 1. The maximum absolute atomic E-state index is 12.6. The lowest BCUT2D eigenvalue weighted by Gasteiger charge is -2.36. The van der Waals surface area contributed by atoms with Gasteiger partial charge < -0.3 is 19.9 Å². The molecule has 3 rings (SSSR count). The zero-order chi connectivity index (χ0) is 18.7. The molecule has 2 aromatic rings. The second kappa shape index (κ2) is 7.87. The Hall–Kier alpha value is -2.40. The number of nitrogens with one attached hydrogen (secondary N) is 1. The van der Waals surface area contributed by atoms with Crippen LogP contribution in [0, 0.1) is 13.8 Å². The minimum atomic E-state index is -0.101. The molecule has 0 aliphatic carbocycles. The molecule has 6 heteroatoms. The first-order valence-electron chi connectivity index (χ1n) is 8.69. The van der Waals surface area contributed by atoms with Crippen molar-refractivity contribution >= 4 is 29.0 Å². The summed E-state index contributed by atoms with van der Waals surface area (Å²) in [5.41, 5.74) is 4.10.